The van der Waals surface area contributed by atoms with Crippen molar-refractivity contribution >= 4 is 32.6 Å². The van der Waals surface area contributed by atoms with Crippen molar-refractivity contribution < 1.29 is 18.3 Å². The number of nitrogens with one attached hydrogen (secondary N) is 1. The molecular weight excluding hydrogens is 414 g/mol. The van der Waals surface area contributed by atoms with E-state index in [0.29, 0.717) is 22.2 Å². The number of nitrogens with zero attached hydrogens (tertiary/aromatic N) is 2. The van der Waals surface area contributed by atoms with Crippen molar-refractivity contribution in [1.82, 2.24) is 9.55 Å². The maximum Gasteiger partial charge on any atom is 0.354 e. The Bertz CT molecular complexity index is 1460. The van der Waals surface area contributed by atoms with Crippen LogP contribution in [0.4, 0.5) is 5.69 Å². The molecule has 0 unspecified atom stereocenters. The second-order valence-electron chi connectivity index (χ2n) is 6.75. The van der Waals surface area contributed by atoms with Gasteiger partial charge >= 0.3 is 5.97 Å². The lowest BCUT2D eigenvalue weighted by molar-refractivity contribution is 0.0690. The molecule has 0 aliphatic carbocycles. The molecule has 7 nitrogen and oxygen atoms in total. The number of benzene rings is 2. The van der Waals surface area contributed by atoms with Gasteiger partial charge in [0.15, 0.2) is 0 Å². The van der Waals surface area contributed by atoms with Crippen molar-refractivity contribution in [2.24, 2.45) is 7.05 Å². The van der Waals surface area contributed by atoms with E-state index in [0.717, 1.165) is 5.52 Å². The van der Waals surface area contributed by atoms with E-state index >= 15 is 0 Å². The predicted octanol–water partition coefficient (Wildman–Crippen LogP) is 3.47. The molecule has 0 saturated carbocycles. The Hall–Kier alpha value is -4.09. The summed E-state index contributed by atoms with van der Waals surface area (Å²) in [5.74, 6) is 4.69. The Labute approximate surface area is 179 Å². The number of aromatic carboxylic acids is 1. The first-order chi connectivity index (χ1) is 14.8. The highest BCUT2D eigenvalue weighted by Gasteiger charge is 2.19. The molecule has 2 aromatic heterocycles. The van der Waals surface area contributed by atoms with Gasteiger partial charge in [-0.25, -0.2) is 18.2 Å². The molecule has 4 aromatic rings. The van der Waals surface area contributed by atoms with E-state index < -0.39 is 16.0 Å². The molecular formula is C23H17N3O4S. The van der Waals surface area contributed by atoms with Gasteiger partial charge in [0, 0.05) is 41.5 Å². The summed E-state index contributed by atoms with van der Waals surface area (Å²) < 4.78 is 30.7. The molecule has 154 valence electrons. The molecule has 31 heavy (non-hydrogen) atoms. The van der Waals surface area contributed by atoms with Gasteiger partial charge in [0.1, 0.15) is 5.69 Å². The summed E-state index contributed by atoms with van der Waals surface area (Å²) >= 11 is 0. The Morgan fingerprint density at radius 2 is 1.84 bits per heavy atom. The minimum atomic E-state index is -3.86. The van der Waals surface area contributed by atoms with Crippen molar-refractivity contribution in [3.63, 3.8) is 0 Å². The van der Waals surface area contributed by atoms with Crippen LogP contribution in [0, 0.1) is 11.8 Å². The smallest absolute Gasteiger partial charge is 0.354 e. The molecule has 8 heteroatoms. The molecule has 0 saturated heterocycles. The highest BCUT2D eigenvalue weighted by Crippen LogP contribution is 2.26. The molecule has 0 aliphatic rings. The van der Waals surface area contributed by atoms with Gasteiger partial charge in [0.2, 0.25) is 0 Å². The number of carboxylic acid groups (broad SMARTS) is 1. The van der Waals surface area contributed by atoms with Crippen LogP contribution < -0.4 is 4.72 Å². The molecule has 0 fully saturated rings. The minimum absolute atomic E-state index is 0.0752. The van der Waals surface area contributed by atoms with E-state index in [-0.39, 0.29) is 10.6 Å². The highest BCUT2D eigenvalue weighted by molar-refractivity contribution is 7.93. The third-order valence-corrected chi connectivity index (χ3v) is 6.10. The van der Waals surface area contributed by atoms with Crippen LogP contribution in [-0.4, -0.2) is 29.0 Å². The van der Waals surface area contributed by atoms with Gasteiger partial charge in [0.25, 0.3) is 10.0 Å². The summed E-state index contributed by atoms with van der Waals surface area (Å²) in [6, 6.07) is 16.6. The van der Waals surface area contributed by atoms with Crippen molar-refractivity contribution in [3.05, 3.63) is 89.9 Å². The van der Waals surface area contributed by atoms with Crippen LogP contribution >= 0.6 is 0 Å². The monoisotopic (exact) mass is 431 g/mol. The lowest BCUT2D eigenvalue weighted by Crippen LogP contribution is -2.14. The van der Waals surface area contributed by atoms with Crippen molar-refractivity contribution in [3.8, 4) is 11.8 Å². The summed E-state index contributed by atoms with van der Waals surface area (Å²) in [5.41, 5.74) is 2.07. The first kappa shape index (κ1) is 20.2. The maximum atomic E-state index is 13.1. The van der Waals surface area contributed by atoms with Gasteiger partial charge in [-0.2, -0.15) is 0 Å². The van der Waals surface area contributed by atoms with Crippen LogP contribution in [0.25, 0.3) is 10.9 Å². The van der Waals surface area contributed by atoms with Gasteiger partial charge < -0.3 is 9.67 Å². The molecule has 2 N–H and O–H groups in total. The molecule has 0 spiro atoms. The topological polar surface area (TPSA) is 101 Å². The summed E-state index contributed by atoms with van der Waals surface area (Å²) in [7, 11) is -2.00. The normalized spacial score (nSPS) is 11.0. The zero-order valence-electron chi connectivity index (χ0n) is 16.4. The average Bonchev–Trinajstić information content (AvgIpc) is 3.14. The maximum absolute atomic E-state index is 13.1. The molecule has 0 bridgehead atoms. The second-order valence-corrected chi connectivity index (χ2v) is 8.40. The summed E-state index contributed by atoms with van der Waals surface area (Å²) in [6.07, 6.45) is 3.17. The number of sulfonamides is 1. The van der Waals surface area contributed by atoms with E-state index in [1.807, 2.05) is 23.9 Å². The molecule has 2 heterocycles. The number of para-hydroxylation sites is 1. The lowest BCUT2D eigenvalue weighted by Gasteiger charge is -2.11. The Balaban J connectivity index is 1.67. The summed E-state index contributed by atoms with van der Waals surface area (Å²) in [5, 5.41) is 9.55. The van der Waals surface area contributed by atoms with Crippen LogP contribution in [-0.2, 0) is 17.1 Å². The van der Waals surface area contributed by atoms with Crippen molar-refractivity contribution in [2.45, 2.75) is 4.90 Å². The quantitative estimate of drug-likeness (QED) is 0.482. The third kappa shape index (κ3) is 4.13. The number of anilines is 1. The number of carbonyl (C=O) groups is 1. The highest BCUT2D eigenvalue weighted by atomic mass is 32.2. The number of aryl methyl sites for hydroxylation is 1. The van der Waals surface area contributed by atoms with E-state index in [9.17, 15) is 13.2 Å². The van der Waals surface area contributed by atoms with E-state index in [1.165, 1.54) is 12.3 Å². The fourth-order valence-electron chi connectivity index (χ4n) is 3.12. The lowest BCUT2D eigenvalue weighted by atomic mass is 10.1. The number of carboxylic acids is 1. The zero-order chi connectivity index (χ0) is 22.0. The molecule has 0 atom stereocenters. The number of hydrogen-bond acceptors (Lipinski definition) is 4. The van der Waals surface area contributed by atoms with E-state index in [2.05, 4.69) is 21.5 Å². The molecule has 2 aromatic carbocycles. The fourth-order valence-corrected chi connectivity index (χ4v) is 4.42. The standard InChI is InChI=1S/C23H17N3O4S/c1-26-14-13-18-21(26)7-4-8-22(18)31(29,30)25-19-6-3-2-5-17(19)11-9-16-10-12-20(23(27)28)24-15-16/h2-8,10,12-15,25H,1H3,(H,27,28). The Morgan fingerprint density at radius 1 is 1.03 bits per heavy atom. The van der Waals surface area contributed by atoms with Gasteiger partial charge in [-0.1, -0.05) is 30.0 Å². The van der Waals surface area contributed by atoms with Gasteiger partial charge in [-0.3, -0.25) is 4.72 Å². The number of aromatic nitrogens is 2. The second kappa shape index (κ2) is 7.97. The van der Waals surface area contributed by atoms with E-state index in [1.54, 1.807) is 48.5 Å². The number of hydrogen-bond donors (Lipinski definition) is 2. The van der Waals surface area contributed by atoms with Crippen LogP contribution in [0.5, 0.6) is 0 Å². The van der Waals surface area contributed by atoms with Gasteiger partial charge in [-0.05, 0) is 42.5 Å². The fraction of sp³-hybridized carbons (Fsp3) is 0.0435. The molecule has 0 aliphatic heterocycles. The van der Waals surface area contributed by atoms with Gasteiger partial charge in [0.05, 0.1) is 10.6 Å². The predicted molar refractivity (Wildman–Crippen MR) is 117 cm³/mol. The van der Waals surface area contributed by atoms with E-state index in [4.69, 9.17) is 5.11 Å². The first-order valence-electron chi connectivity index (χ1n) is 9.22. The van der Waals surface area contributed by atoms with Crippen LogP contribution in [0.15, 0.2) is 78.0 Å². The summed E-state index contributed by atoms with van der Waals surface area (Å²) in [4.78, 5) is 14.9. The Kier molecular flexibility index (Phi) is 5.19. The number of fused-ring (bicyclic) bond motifs is 1. The van der Waals surface area contributed by atoms with Crippen molar-refractivity contribution in [1.29, 1.82) is 0 Å². The first-order valence-corrected chi connectivity index (χ1v) is 10.7. The molecule has 0 amide bonds. The zero-order valence-corrected chi connectivity index (χ0v) is 17.2. The summed E-state index contributed by atoms with van der Waals surface area (Å²) in [6.45, 7) is 0. The number of pyridine rings is 1. The SMILES string of the molecule is Cn1ccc2c(S(=O)(=O)Nc3ccccc3C#Cc3ccc(C(=O)O)nc3)cccc21. The van der Waals surface area contributed by atoms with Crippen LogP contribution in [0.1, 0.15) is 21.6 Å². The average molecular weight is 431 g/mol. The largest absolute Gasteiger partial charge is 0.477 e. The van der Waals surface area contributed by atoms with Gasteiger partial charge in [-0.15, -0.1) is 0 Å². The van der Waals surface area contributed by atoms with Crippen molar-refractivity contribution in [2.75, 3.05) is 4.72 Å². The van der Waals surface area contributed by atoms with Crippen LogP contribution in [0.2, 0.25) is 0 Å². The Morgan fingerprint density at radius 3 is 2.58 bits per heavy atom. The molecule has 0 radical (unpaired) electrons. The van der Waals surface area contributed by atoms with Crippen LogP contribution in [0.3, 0.4) is 0 Å². The molecule has 4 rings (SSSR count). The minimum Gasteiger partial charge on any atom is -0.477 e. The number of rotatable bonds is 4. The third-order valence-electron chi connectivity index (χ3n) is 4.67.